The minimum Gasteiger partial charge on any atom is -0.508 e. The van der Waals surface area contributed by atoms with Crippen molar-refractivity contribution < 1.29 is 5.11 Å². The van der Waals surface area contributed by atoms with E-state index in [2.05, 4.69) is 26.8 Å². The Bertz CT molecular complexity index is 479. The van der Waals surface area contributed by atoms with E-state index in [1.165, 1.54) is 55.2 Å². The lowest BCUT2D eigenvalue weighted by Gasteiger charge is -2.35. The highest BCUT2D eigenvalue weighted by Crippen LogP contribution is 2.57. The van der Waals surface area contributed by atoms with Gasteiger partial charge in [0.1, 0.15) is 5.75 Å². The van der Waals surface area contributed by atoms with Crippen molar-refractivity contribution in [2.24, 2.45) is 0 Å². The Kier molecular flexibility index (Phi) is 2.52. The third kappa shape index (κ3) is 1.60. The van der Waals surface area contributed by atoms with E-state index in [9.17, 15) is 5.11 Å². The molecule has 3 rings (SSSR count). The summed E-state index contributed by atoms with van der Waals surface area (Å²) >= 11 is 0. The lowest BCUT2D eigenvalue weighted by molar-refractivity contribution is 0.257. The van der Waals surface area contributed by atoms with Crippen LogP contribution in [0.3, 0.4) is 0 Å². The molecule has 18 heavy (non-hydrogen) atoms. The van der Waals surface area contributed by atoms with E-state index < -0.39 is 0 Å². The molecule has 1 saturated carbocycles. The van der Waals surface area contributed by atoms with Gasteiger partial charge in [0.15, 0.2) is 0 Å². The van der Waals surface area contributed by atoms with Crippen molar-refractivity contribution in [2.75, 3.05) is 0 Å². The minimum atomic E-state index is 0.268. The molecule has 0 unspecified atom stereocenters. The predicted octanol–water partition coefficient (Wildman–Crippen LogP) is 4.58. The second kappa shape index (κ2) is 3.76. The molecule has 0 aromatic heterocycles. The molecule has 98 valence electrons. The van der Waals surface area contributed by atoms with Gasteiger partial charge in [-0.2, -0.15) is 0 Å². The van der Waals surface area contributed by atoms with Crippen molar-refractivity contribution >= 4 is 0 Å². The van der Waals surface area contributed by atoms with Gasteiger partial charge >= 0.3 is 0 Å². The maximum absolute atomic E-state index is 9.96. The van der Waals surface area contributed by atoms with Crippen LogP contribution in [0, 0.1) is 6.92 Å². The first-order valence-corrected chi connectivity index (χ1v) is 7.29. The molecule has 2 aliphatic rings. The fraction of sp³-hybridized carbons (Fsp3) is 0.647. The monoisotopic (exact) mass is 244 g/mol. The van der Waals surface area contributed by atoms with Crippen molar-refractivity contribution in [3.05, 3.63) is 28.8 Å². The van der Waals surface area contributed by atoms with E-state index in [0.29, 0.717) is 11.2 Å². The lowest BCUT2D eigenvalue weighted by atomic mass is 9.69. The Hall–Kier alpha value is -0.980. The van der Waals surface area contributed by atoms with Crippen LogP contribution >= 0.6 is 0 Å². The fourth-order valence-electron chi connectivity index (χ4n) is 4.79. The van der Waals surface area contributed by atoms with Gasteiger partial charge in [0.05, 0.1) is 0 Å². The molecule has 1 aromatic rings. The van der Waals surface area contributed by atoms with Gasteiger partial charge in [-0.05, 0) is 65.8 Å². The average Bonchev–Trinajstić information content (AvgIpc) is 2.47. The molecule has 1 heteroatoms. The summed E-state index contributed by atoms with van der Waals surface area (Å²) in [4.78, 5) is 0. The number of hydrogen-bond acceptors (Lipinski definition) is 1. The summed E-state index contributed by atoms with van der Waals surface area (Å²) < 4.78 is 0. The van der Waals surface area contributed by atoms with Crippen LogP contribution in [-0.4, -0.2) is 5.11 Å². The van der Waals surface area contributed by atoms with Gasteiger partial charge in [0.25, 0.3) is 0 Å². The normalized spacial score (nSPS) is 24.2. The molecule has 1 nitrogen and oxygen atoms in total. The van der Waals surface area contributed by atoms with Crippen LogP contribution in [0.1, 0.15) is 69.1 Å². The zero-order valence-electron chi connectivity index (χ0n) is 11.8. The van der Waals surface area contributed by atoms with Gasteiger partial charge < -0.3 is 5.11 Å². The SMILES string of the molecule is Cc1cc(O)cc2c1C(C)(C)CC21CCCCC1. The first-order chi connectivity index (χ1) is 8.45. The molecular formula is C17H24O. The Morgan fingerprint density at radius 3 is 2.39 bits per heavy atom. The van der Waals surface area contributed by atoms with Gasteiger partial charge in [-0.1, -0.05) is 33.1 Å². The third-order valence-electron chi connectivity index (χ3n) is 5.16. The first-order valence-electron chi connectivity index (χ1n) is 7.29. The van der Waals surface area contributed by atoms with Gasteiger partial charge in [0.2, 0.25) is 0 Å². The number of fused-ring (bicyclic) bond motifs is 2. The van der Waals surface area contributed by atoms with E-state index in [1.807, 2.05) is 6.07 Å². The van der Waals surface area contributed by atoms with Crippen LogP contribution in [-0.2, 0) is 10.8 Å². The number of aryl methyl sites for hydroxylation is 1. The van der Waals surface area contributed by atoms with Crippen molar-refractivity contribution in [1.29, 1.82) is 0 Å². The molecule has 1 fully saturated rings. The molecule has 2 aliphatic carbocycles. The highest BCUT2D eigenvalue weighted by Gasteiger charge is 2.48. The van der Waals surface area contributed by atoms with Crippen molar-refractivity contribution in [1.82, 2.24) is 0 Å². The molecular weight excluding hydrogens is 220 g/mol. The summed E-state index contributed by atoms with van der Waals surface area (Å²) in [6, 6.07) is 3.99. The average molecular weight is 244 g/mol. The standard InChI is InChI=1S/C17H24O/c1-12-9-13(18)10-14-15(12)16(2,3)11-17(14)7-5-4-6-8-17/h9-10,18H,4-8,11H2,1-3H3. The summed E-state index contributed by atoms with van der Waals surface area (Å²) in [5.41, 5.74) is 4.88. The van der Waals surface area contributed by atoms with Gasteiger partial charge in [-0.15, -0.1) is 0 Å². The molecule has 0 bridgehead atoms. The zero-order chi connectivity index (χ0) is 13.0. The Morgan fingerprint density at radius 1 is 1.06 bits per heavy atom. The van der Waals surface area contributed by atoms with Crippen molar-refractivity contribution in [2.45, 2.75) is 70.1 Å². The number of phenolic OH excluding ortho intramolecular Hbond substituents is 1. The smallest absolute Gasteiger partial charge is 0.116 e. The van der Waals surface area contributed by atoms with E-state index in [1.54, 1.807) is 0 Å². The highest BCUT2D eigenvalue weighted by atomic mass is 16.3. The van der Waals surface area contributed by atoms with Gasteiger partial charge in [-0.25, -0.2) is 0 Å². The zero-order valence-corrected chi connectivity index (χ0v) is 11.8. The molecule has 1 spiro atoms. The molecule has 0 amide bonds. The second-order valence-corrected chi connectivity index (χ2v) is 7.09. The summed E-state index contributed by atoms with van der Waals surface area (Å²) in [7, 11) is 0. The number of phenols is 1. The molecule has 0 saturated heterocycles. The van der Waals surface area contributed by atoms with Crippen LogP contribution in [0.2, 0.25) is 0 Å². The summed E-state index contributed by atoms with van der Waals surface area (Å²) in [5.74, 6) is 0.453. The summed E-state index contributed by atoms with van der Waals surface area (Å²) in [5, 5.41) is 9.96. The second-order valence-electron chi connectivity index (χ2n) is 7.09. The fourth-order valence-corrected chi connectivity index (χ4v) is 4.79. The van der Waals surface area contributed by atoms with Gasteiger partial charge in [0, 0.05) is 0 Å². The lowest BCUT2D eigenvalue weighted by Crippen LogP contribution is -2.28. The topological polar surface area (TPSA) is 20.2 Å². The maximum Gasteiger partial charge on any atom is 0.116 e. The van der Waals surface area contributed by atoms with Crippen LogP contribution in [0.4, 0.5) is 0 Å². The summed E-state index contributed by atoms with van der Waals surface area (Å²) in [6.07, 6.45) is 7.97. The van der Waals surface area contributed by atoms with Crippen molar-refractivity contribution in [3.63, 3.8) is 0 Å². The minimum absolute atomic E-state index is 0.268. The molecule has 0 aliphatic heterocycles. The predicted molar refractivity (Wildman–Crippen MR) is 75.2 cm³/mol. The Balaban J connectivity index is 2.20. The van der Waals surface area contributed by atoms with E-state index in [0.717, 1.165) is 0 Å². The van der Waals surface area contributed by atoms with Crippen LogP contribution in [0.5, 0.6) is 5.75 Å². The first kappa shape index (κ1) is 12.1. The number of rotatable bonds is 0. The molecule has 1 aromatic carbocycles. The quantitative estimate of drug-likeness (QED) is 0.708. The third-order valence-corrected chi connectivity index (χ3v) is 5.16. The van der Waals surface area contributed by atoms with Gasteiger partial charge in [-0.3, -0.25) is 0 Å². The van der Waals surface area contributed by atoms with Crippen LogP contribution in [0.25, 0.3) is 0 Å². The van der Waals surface area contributed by atoms with Crippen LogP contribution in [0.15, 0.2) is 12.1 Å². The van der Waals surface area contributed by atoms with E-state index in [-0.39, 0.29) is 5.41 Å². The number of hydrogen-bond donors (Lipinski definition) is 1. The highest BCUT2D eigenvalue weighted by molar-refractivity contribution is 5.53. The van der Waals surface area contributed by atoms with E-state index in [4.69, 9.17) is 0 Å². The van der Waals surface area contributed by atoms with Crippen molar-refractivity contribution in [3.8, 4) is 5.75 Å². The largest absolute Gasteiger partial charge is 0.508 e. The molecule has 0 heterocycles. The maximum atomic E-state index is 9.96. The van der Waals surface area contributed by atoms with E-state index >= 15 is 0 Å². The van der Waals surface area contributed by atoms with Crippen LogP contribution < -0.4 is 0 Å². The number of benzene rings is 1. The molecule has 1 N–H and O–H groups in total. The molecule has 0 radical (unpaired) electrons. The summed E-state index contributed by atoms with van der Waals surface area (Å²) in [6.45, 7) is 6.90. The number of aromatic hydroxyl groups is 1. The molecule has 0 atom stereocenters. The Morgan fingerprint density at radius 2 is 1.72 bits per heavy atom. The Labute approximate surface area is 110 Å².